The number of rotatable bonds is 44. The number of hydrogen-bond acceptors (Lipinski definition) is 5. The molecule has 0 bridgehead atoms. The molecule has 5 nitrogen and oxygen atoms in total. The van der Waals surface area contributed by atoms with Crippen molar-refractivity contribution < 1.29 is 23.8 Å². The molecule has 1 unspecified atom stereocenters. The van der Waals surface area contributed by atoms with Crippen LogP contribution in [0, 0.1) is 0 Å². The molecule has 0 aliphatic heterocycles. The first kappa shape index (κ1) is 52.4. The van der Waals surface area contributed by atoms with Crippen molar-refractivity contribution in [2.75, 3.05) is 19.8 Å². The van der Waals surface area contributed by atoms with Crippen molar-refractivity contribution in [3.8, 4) is 0 Å². The van der Waals surface area contributed by atoms with Crippen molar-refractivity contribution in [2.45, 2.75) is 258 Å². The number of esters is 2. The number of carbonyl (C=O) groups excluding carboxylic acids is 2. The lowest BCUT2D eigenvalue weighted by Gasteiger charge is -2.18. The summed E-state index contributed by atoms with van der Waals surface area (Å²) in [4.78, 5) is 25.2. The van der Waals surface area contributed by atoms with Crippen LogP contribution in [-0.2, 0) is 23.8 Å². The zero-order chi connectivity index (χ0) is 39.3. The average molecular weight is 761 g/mol. The fourth-order valence-corrected chi connectivity index (χ4v) is 6.89. The molecule has 0 rings (SSSR count). The number of carbonyl (C=O) groups is 2. The Kier molecular flexibility index (Phi) is 44.4. The van der Waals surface area contributed by atoms with Gasteiger partial charge in [-0.05, 0) is 51.4 Å². The van der Waals surface area contributed by atoms with Gasteiger partial charge in [0.05, 0.1) is 6.61 Å². The van der Waals surface area contributed by atoms with Crippen molar-refractivity contribution in [2.24, 2.45) is 0 Å². The third kappa shape index (κ3) is 43.1. The lowest BCUT2D eigenvalue weighted by Crippen LogP contribution is -2.30. The zero-order valence-electron chi connectivity index (χ0n) is 36.5. The van der Waals surface area contributed by atoms with E-state index in [-0.39, 0.29) is 25.2 Å². The van der Waals surface area contributed by atoms with Crippen LogP contribution in [-0.4, -0.2) is 37.9 Å². The molecular formula is C49H92O5. The summed E-state index contributed by atoms with van der Waals surface area (Å²) in [6.45, 7) is 7.80. The van der Waals surface area contributed by atoms with Gasteiger partial charge in [-0.1, -0.05) is 212 Å². The third-order valence-corrected chi connectivity index (χ3v) is 10.5. The summed E-state index contributed by atoms with van der Waals surface area (Å²) in [6, 6.07) is 0. The van der Waals surface area contributed by atoms with E-state index in [9.17, 15) is 9.59 Å². The van der Waals surface area contributed by atoms with Crippen molar-refractivity contribution in [1.29, 1.82) is 0 Å². The van der Waals surface area contributed by atoms with Crippen LogP contribution in [0.1, 0.15) is 252 Å². The lowest BCUT2D eigenvalue weighted by molar-refractivity contribution is -0.163. The van der Waals surface area contributed by atoms with Gasteiger partial charge in [-0.15, -0.1) is 0 Å². The molecule has 0 aliphatic rings. The van der Waals surface area contributed by atoms with Gasteiger partial charge in [0.1, 0.15) is 6.61 Å². The number of ether oxygens (including phenoxy) is 3. The Hall–Kier alpha value is -1.62. The number of hydrogen-bond donors (Lipinski definition) is 0. The maximum atomic E-state index is 12.7. The first-order valence-electron chi connectivity index (χ1n) is 23.9. The van der Waals surface area contributed by atoms with E-state index in [1.807, 2.05) is 0 Å². The largest absolute Gasteiger partial charge is 0.462 e. The molecule has 5 heteroatoms. The van der Waals surface area contributed by atoms with Gasteiger partial charge in [-0.3, -0.25) is 9.59 Å². The Balaban J connectivity index is 4.19. The molecule has 0 aromatic rings. The highest BCUT2D eigenvalue weighted by molar-refractivity contribution is 5.70. The normalized spacial score (nSPS) is 12.3. The topological polar surface area (TPSA) is 61.8 Å². The Morgan fingerprint density at radius 2 is 0.778 bits per heavy atom. The molecule has 54 heavy (non-hydrogen) atoms. The van der Waals surface area contributed by atoms with Crippen LogP contribution in [0.5, 0.6) is 0 Å². The van der Waals surface area contributed by atoms with Crippen LogP contribution in [0.3, 0.4) is 0 Å². The molecule has 0 spiro atoms. The van der Waals surface area contributed by atoms with E-state index in [2.05, 4.69) is 45.1 Å². The standard InChI is InChI=1S/C49H92O5/c1-4-7-10-13-16-19-21-23-24-25-27-29-32-35-38-41-44-52-45-47(54-49(51)43-40-37-34-30-18-15-12-9-6-3)46-53-48(50)42-39-36-33-31-28-26-22-20-17-14-11-8-5-2/h16,19,23-24,47H,4-15,17-18,20-22,25-46H2,1-3H3/b19-16-,24-23-. The van der Waals surface area contributed by atoms with Crippen LogP contribution < -0.4 is 0 Å². The molecule has 0 saturated carbocycles. The van der Waals surface area contributed by atoms with Gasteiger partial charge in [0.2, 0.25) is 0 Å². The van der Waals surface area contributed by atoms with E-state index in [1.54, 1.807) is 0 Å². The van der Waals surface area contributed by atoms with Crippen LogP contribution in [0.15, 0.2) is 24.3 Å². The van der Waals surface area contributed by atoms with Gasteiger partial charge < -0.3 is 14.2 Å². The Bertz CT molecular complexity index is 821. The van der Waals surface area contributed by atoms with Crippen LogP contribution >= 0.6 is 0 Å². The van der Waals surface area contributed by atoms with Gasteiger partial charge in [0, 0.05) is 19.4 Å². The highest BCUT2D eigenvalue weighted by Crippen LogP contribution is 2.15. The van der Waals surface area contributed by atoms with E-state index < -0.39 is 6.10 Å². The van der Waals surface area contributed by atoms with Crippen molar-refractivity contribution in [3.63, 3.8) is 0 Å². The van der Waals surface area contributed by atoms with Crippen molar-refractivity contribution in [1.82, 2.24) is 0 Å². The molecular weight excluding hydrogens is 669 g/mol. The molecule has 0 heterocycles. The highest BCUT2D eigenvalue weighted by Gasteiger charge is 2.17. The third-order valence-electron chi connectivity index (χ3n) is 10.5. The second-order valence-electron chi connectivity index (χ2n) is 16.0. The fourth-order valence-electron chi connectivity index (χ4n) is 6.89. The highest BCUT2D eigenvalue weighted by atomic mass is 16.6. The van der Waals surface area contributed by atoms with Crippen molar-refractivity contribution in [3.05, 3.63) is 24.3 Å². The van der Waals surface area contributed by atoms with Gasteiger partial charge in [0.15, 0.2) is 6.10 Å². The lowest BCUT2D eigenvalue weighted by atomic mass is 10.0. The van der Waals surface area contributed by atoms with Gasteiger partial charge >= 0.3 is 11.9 Å². The molecule has 0 saturated heterocycles. The van der Waals surface area contributed by atoms with Crippen LogP contribution in [0.4, 0.5) is 0 Å². The zero-order valence-corrected chi connectivity index (χ0v) is 36.5. The molecule has 0 radical (unpaired) electrons. The number of allylic oxidation sites excluding steroid dienone is 4. The average Bonchev–Trinajstić information content (AvgIpc) is 3.17. The molecule has 0 fully saturated rings. The summed E-state index contributed by atoms with van der Waals surface area (Å²) in [5.74, 6) is -0.393. The maximum Gasteiger partial charge on any atom is 0.306 e. The molecule has 0 amide bonds. The summed E-state index contributed by atoms with van der Waals surface area (Å²) in [7, 11) is 0. The van der Waals surface area contributed by atoms with Gasteiger partial charge in [0.25, 0.3) is 0 Å². The molecule has 0 aromatic heterocycles. The van der Waals surface area contributed by atoms with Crippen LogP contribution in [0.2, 0.25) is 0 Å². The first-order chi connectivity index (χ1) is 26.6. The predicted molar refractivity (Wildman–Crippen MR) is 233 cm³/mol. The van der Waals surface area contributed by atoms with Crippen molar-refractivity contribution >= 4 is 11.9 Å². The Morgan fingerprint density at radius 3 is 1.26 bits per heavy atom. The van der Waals surface area contributed by atoms with Gasteiger partial charge in [-0.25, -0.2) is 0 Å². The number of unbranched alkanes of at least 4 members (excludes halogenated alkanes) is 29. The quantitative estimate of drug-likeness (QED) is 0.0352. The summed E-state index contributed by atoms with van der Waals surface area (Å²) in [6.07, 6.45) is 51.7. The molecule has 0 aromatic carbocycles. The van der Waals surface area contributed by atoms with E-state index in [4.69, 9.17) is 14.2 Å². The minimum Gasteiger partial charge on any atom is -0.462 e. The summed E-state index contributed by atoms with van der Waals surface area (Å²) >= 11 is 0. The monoisotopic (exact) mass is 761 g/mol. The minimum absolute atomic E-state index is 0.0878. The second kappa shape index (κ2) is 45.8. The van der Waals surface area contributed by atoms with E-state index in [0.29, 0.717) is 19.4 Å². The van der Waals surface area contributed by atoms with E-state index in [0.717, 1.165) is 44.9 Å². The molecule has 1 atom stereocenters. The summed E-state index contributed by atoms with van der Waals surface area (Å²) in [5.41, 5.74) is 0. The summed E-state index contributed by atoms with van der Waals surface area (Å²) < 4.78 is 17.3. The smallest absolute Gasteiger partial charge is 0.306 e. The minimum atomic E-state index is -0.531. The second-order valence-corrected chi connectivity index (χ2v) is 16.0. The fraction of sp³-hybridized carbons (Fsp3) is 0.878. The van der Waals surface area contributed by atoms with Crippen LogP contribution in [0.25, 0.3) is 0 Å². The SMILES string of the molecule is CCCCC/C=C\C/C=C\CCCCCCCCOCC(COC(=O)CCCCCCCCCCCCCCC)OC(=O)CCCCCCCCCCC. The maximum absolute atomic E-state index is 12.7. The van der Waals surface area contributed by atoms with E-state index >= 15 is 0 Å². The summed E-state index contributed by atoms with van der Waals surface area (Å²) in [5, 5.41) is 0. The molecule has 0 aliphatic carbocycles. The Labute approximate surface area is 337 Å². The van der Waals surface area contributed by atoms with Gasteiger partial charge in [-0.2, -0.15) is 0 Å². The molecule has 318 valence electrons. The van der Waals surface area contributed by atoms with E-state index in [1.165, 1.54) is 173 Å². The predicted octanol–water partition coefficient (Wildman–Crippen LogP) is 15.7. The molecule has 0 N–H and O–H groups in total. The Morgan fingerprint density at radius 1 is 0.407 bits per heavy atom. The first-order valence-corrected chi connectivity index (χ1v) is 23.9.